The van der Waals surface area contributed by atoms with Gasteiger partial charge in [-0.05, 0) is 38.3 Å². The number of anilines is 1. The summed E-state index contributed by atoms with van der Waals surface area (Å²) in [5.41, 5.74) is 2.37. The van der Waals surface area contributed by atoms with E-state index in [2.05, 4.69) is 38.7 Å². The Labute approximate surface area is 166 Å². The van der Waals surface area contributed by atoms with E-state index in [1.54, 1.807) is 0 Å². The van der Waals surface area contributed by atoms with Crippen LogP contribution in [0.3, 0.4) is 0 Å². The van der Waals surface area contributed by atoms with Crippen molar-refractivity contribution in [2.45, 2.75) is 32.2 Å². The molecule has 1 unspecified atom stereocenters. The van der Waals surface area contributed by atoms with Gasteiger partial charge in [-0.1, -0.05) is 18.2 Å². The number of rotatable bonds is 3. The highest BCUT2D eigenvalue weighted by molar-refractivity contribution is 5.92. The minimum Gasteiger partial charge on any atom is -0.368 e. The molecule has 6 heteroatoms. The number of carbonyl (C=O) groups is 1. The van der Waals surface area contributed by atoms with Crippen LogP contribution in [0, 0.1) is 11.3 Å². The maximum atomic E-state index is 12.7. The highest BCUT2D eigenvalue weighted by Crippen LogP contribution is 2.27. The molecule has 1 amide bonds. The summed E-state index contributed by atoms with van der Waals surface area (Å²) in [7, 11) is 0. The van der Waals surface area contributed by atoms with Crippen molar-refractivity contribution in [3.05, 3.63) is 36.0 Å². The fraction of sp³-hybridized carbons (Fsp3) is 0.500. The van der Waals surface area contributed by atoms with Crippen LogP contribution in [-0.2, 0) is 4.79 Å². The zero-order valence-corrected chi connectivity index (χ0v) is 16.5. The summed E-state index contributed by atoms with van der Waals surface area (Å²) in [5, 5.41) is 10.4. The standard InChI is InChI=1S/C22H27N5O/c1-17-6-4-5-9-27(17)22(28)16-25-10-12-26(13-11-25)21-14-18(15-23)24-20-8-3-2-7-19(20)21/h2-3,7-8,14,17H,4-6,9-13,16H2,1H3. The van der Waals surface area contributed by atoms with Crippen molar-refractivity contribution in [2.24, 2.45) is 0 Å². The normalized spacial score (nSPS) is 20.9. The van der Waals surface area contributed by atoms with Crippen molar-refractivity contribution >= 4 is 22.5 Å². The number of fused-ring (bicyclic) bond motifs is 1. The summed E-state index contributed by atoms with van der Waals surface area (Å²) in [5.74, 6) is 0.266. The Bertz CT molecular complexity index is 897. The fourth-order valence-corrected chi connectivity index (χ4v) is 4.37. The third-order valence-corrected chi connectivity index (χ3v) is 6.00. The number of para-hydroxylation sites is 1. The highest BCUT2D eigenvalue weighted by atomic mass is 16.2. The second kappa shape index (κ2) is 8.15. The van der Waals surface area contributed by atoms with Crippen molar-refractivity contribution in [1.29, 1.82) is 5.26 Å². The third kappa shape index (κ3) is 3.81. The first-order chi connectivity index (χ1) is 13.7. The number of hydrogen-bond acceptors (Lipinski definition) is 5. The van der Waals surface area contributed by atoms with Gasteiger partial charge in [-0.3, -0.25) is 9.69 Å². The molecule has 0 N–H and O–H groups in total. The maximum Gasteiger partial charge on any atom is 0.236 e. The summed E-state index contributed by atoms with van der Waals surface area (Å²) in [4.78, 5) is 23.8. The van der Waals surface area contributed by atoms with Gasteiger partial charge >= 0.3 is 0 Å². The Balaban J connectivity index is 1.43. The average Bonchev–Trinajstić information content (AvgIpc) is 2.73. The zero-order valence-electron chi connectivity index (χ0n) is 16.5. The summed E-state index contributed by atoms with van der Waals surface area (Å²) < 4.78 is 0. The monoisotopic (exact) mass is 377 g/mol. The quantitative estimate of drug-likeness (QED) is 0.823. The van der Waals surface area contributed by atoms with Crippen molar-refractivity contribution in [1.82, 2.24) is 14.8 Å². The van der Waals surface area contributed by atoms with E-state index < -0.39 is 0 Å². The van der Waals surface area contributed by atoms with Crippen LogP contribution >= 0.6 is 0 Å². The van der Waals surface area contributed by atoms with Crippen LogP contribution in [0.25, 0.3) is 10.9 Å². The first-order valence-corrected chi connectivity index (χ1v) is 10.2. The summed E-state index contributed by atoms with van der Waals surface area (Å²) >= 11 is 0. The molecule has 2 aromatic rings. The van der Waals surface area contributed by atoms with E-state index in [-0.39, 0.29) is 5.91 Å². The molecule has 0 bridgehead atoms. The second-order valence-corrected chi connectivity index (χ2v) is 7.85. The summed E-state index contributed by atoms with van der Waals surface area (Å²) in [6.45, 7) is 6.98. The Hall–Kier alpha value is -2.65. The average molecular weight is 377 g/mol. The number of likely N-dealkylation sites (tertiary alicyclic amines) is 1. The number of amides is 1. The molecule has 0 aliphatic carbocycles. The van der Waals surface area contributed by atoms with Crippen LogP contribution in [-0.4, -0.2) is 66.0 Å². The predicted molar refractivity (Wildman–Crippen MR) is 110 cm³/mol. The van der Waals surface area contributed by atoms with Gasteiger partial charge in [0.2, 0.25) is 5.91 Å². The molecule has 3 heterocycles. The lowest BCUT2D eigenvalue weighted by Crippen LogP contribution is -2.52. The van der Waals surface area contributed by atoms with Gasteiger partial charge in [0.25, 0.3) is 0 Å². The smallest absolute Gasteiger partial charge is 0.236 e. The van der Waals surface area contributed by atoms with Gasteiger partial charge in [0.15, 0.2) is 0 Å². The van der Waals surface area contributed by atoms with E-state index in [0.29, 0.717) is 18.3 Å². The number of nitriles is 1. The minimum absolute atomic E-state index is 0.266. The van der Waals surface area contributed by atoms with Crippen LogP contribution in [0.4, 0.5) is 5.69 Å². The van der Waals surface area contributed by atoms with Crippen LogP contribution in [0.15, 0.2) is 30.3 Å². The summed E-state index contributed by atoms with van der Waals surface area (Å²) in [6, 6.07) is 12.4. The highest BCUT2D eigenvalue weighted by Gasteiger charge is 2.26. The van der Waals surface area contributed by atoms with Crippen molar-refractivity contribution in [2.75, 3.05) is 44.2 Å². The largest absolute Gasteiger partial charge is 0.368 e. The molecule has 146 valence electrons. The molecule has 28 heavy (non-hydrogen) atoms. The number of aromatic nitrogens is 1. The number of benzene rings is 1. The van der Waals surface area contributed by atoms with E-state index in [4.69, 9.17) is 0 Å². The molecular weight excluding hydrogens is 350 g/mol. The van der Waals surface area contributed by atoms with E-state index in [1.165, 1.54) is 6.42 Å². The van der Waals surface area contributed by atoms with Crippen LogP contribution < -0.4 is 4.90 Å². The van der Waals surface area contributed by atoms with E-state index in [9.17, 15) is 10.1 Å². The zero-order chi connectivity index (χ0) is 19.5. The minimum atomic E-state index is 0.266. The molecule has 2 fully saturated rings. The van der Waals surface area contributed by atoms with Crippen LogP contribution in [0.1, 0.15) is 31.9 Å². The SMILES string of the molecule is CC1CCCCN1C(=O)CN1CCN(c2cc(C#N)nc3ccccc23)CC1. The Morgan fingerprint density at radius 2 is 1.96 bits per heavy atom. The number of nitrogens with zero attached hydrogens (tertiary/aromatic N) is 5. The molecular formula is C22H27N5O. The maximum absolute atomic E-state index is 12.7. The molecule has 2 saturated heterocycles. The van der Waals surface area contributed by atoms with Gasteiger partial charge < -0.3 is 9.80 Å². The molecule has 1 aromatic carbocycles. The number of piperidine rings is 1. The molecule has 4 rings (SSSR count). The van der Waals surface area contributed by atoms with Crippen molar-refractivity contribution < 1.29 is 4.79 Å². The van der Waals surface area contributed by atoms with Crippen molar-refractivity contribution in [3.63, 3.8) is 0 Å². The van der Waals surface area contributed by atoms with Crippen LogP contribution in [0.2, 0.25) is 0 Å². The Morgan fingerprint density at radius 3 is 2.71 bits per heavy atom. The molecule has 6 nitrogen and oxygen atoms in total. The van der Waals surface area contributed by atoms with Gasteiger partial charge in [-0.15, -0.1) is 0 Å². The molecule has 1 aromatic heterocycles. The first kappa shape index (κ1) is 18.7. The van der Waals surface area contributed by atoms with Gasteiger partial charge in [0.05, 0.1) is 12.1 Å². The number of hydrogen-bond donors (Lipinski definition) is 0. The number of carbonyl (C=O) groups excluding carboxylic acids is 1. The van der Waals surface area contributed by atoms with E-state index in [0.717, 1.165) is 62.2 Å². The molecule has 0 spiro atoms. The lowest BCUT2D eigenvalue weighted by Gasteiger charge is -2.39. The lowest BCUT2D eigenvalue weighted by molar-refractivity contribution is -0.135. The van der Waals surface area contributed by atoms with Gasteiger partial charge in [-0.25, -0.2) is 4.98 Å². The first-order valence-electron chi connectivity index (χ1n) is 10.2. The molecule has 2 aliphatic heterocycles. The van der Waals surface area contributed by atoms with Gasteiger partial charge in [0.1, 0.15) is 11.8 Å². The van der Waals surface area contributed by atoms with Crippen molar-refractivity contribution in [3.8, 4) is 6.07 Å². The lowest BCUT2D eigenvalue weighted by atomic mass is 10.0. The molecule has 0 saturated carbocycles. The molecule has 0 radical (unpaired) electrons. The van der Waals surface area contributed by atoms with Gasteiger partial charge in [0, 0.05) is 49.8 Å². The second-order valence-electron chi connectivity index (χ2n) is 7.85. The Morgan fingerprint density at radius 1 is 1.18 bits per heavy atom. The summed E-state index contributed by atoms with van der Waals surface area (Å²) in [6.07, 6.45) is 3.48. The van der Waals surface area contributed by atoms with E-state index in [1.807, 2.05) is 24.3 Å². The van der Waals surface area contributed by atoms with E-state index >= 15 is 0 Å². The molecule has 1 atom stereocenters. The number of piperazine rings is 1. The fourth-order valence-electron chi connectivity index (χ4n) is 4.37. The topological polar surface area (TPSA) is 63.5 Å². The van der Waals surface area contributed by atoms with Gasteiger partial charge in [-0.2, -0.15) is 5.26 Å². The third-order valence-electron chi connectivity index (χ3n) is 6.00. The molecule has 2 aliphatic rings. The predicted octanol–water partition coefficient (Wildman–Crippen LogP) is 2.63. The number of pyridine rings is 1. The van der Waals surface area contributed by atoms with Crippen LogP contribution in [0.5, 0.6) is 0 Å². The Kier molecular flexibility index (Phi) is 5.45.